The predicted octanol–water partition coefficient (Wildman–Crippen LogP) is -0.260. The van der Waals surface area contributed by atoms with E-state index in [1.54, 1.807) is 0 Å². The first-order valence-electron chi connectivity index (χ1n) is 7.61. The molecule has 0 aromatic heterocycles. The third-order valence-corrected chi connectivity index (χ3v) is 2.81. The zero-order valence-electron chi connectivity index (χ0n) is 13.6. The molecule has 0 atom stereocenters. The van der Waals surface area contributed by atoms with E-state index in [9.17, 15) is 9.59 Å². The van der Waals surface area contributed by atoms with Crippen molar-refractivity contribution in [2.24, 2.45) is 0 Å². The Morgan fingerprint density at radius 3 is 1.87 bits per heavy atom. The van der Waals surface area contributed by atoms with E-state index in [0.29, 0.717) is 52.7 Å². The van der Waals surface area contributed by atoms with Gasteiger partial charge in [0.2, 0.25) is 11.8 Å². The van der Waals surface area contributed by atoms with Crippen molar-refractivity contribution in [1.82, 2.24) is 10.6 Å². The van der Waals surface area contributed by atoms with Crippen molar-refractivity contribution in [1.29, 1.82) is 0 Å². The Hall–Kier alpha value is -0.490. The third-order valence-electron chi connectivity index (χ3n) is 2.37. The minimum Gasteiger partial charge on any atom is -0.378 e. The van der Waals surface area contributed by atoms with E-state index < -0.39 is 0 Å². The summed E-state index contributed by atoms with van der Waals surface area (Å²) in [7, 11) is 0. The van der Waals surface area contributed by atoms with Gasteiger partial charge in [0.25, 0.3) is 0 Å². The highest BCUT2D eigenvalue weighted by Gasteiger charge is 2.01. The molecular formula is C14H27IN2O6. The molecular weight excluding hydrogens is 419 g/mol. The largest absolute Gasteiger partial charge is 0.378 e. The molecule has 0 saturated carbocycles. The molecule has 0 fully saturated rings. The number of alkyl halides is 1. The maximum atomic E-state index is 11.4. The number of halogens is 1. The molecule has 0 saturated heterocycles. The summed E-state index contributed by atoms with van der Waals surface area (Å²) in [6, 6.07) is 0. The van der Waals surface area contributed by atoms with Gasteiger partial charge in [0.1, 0.15) is 13.2 Å². The molecule has 0 heterocycles. The SMILES string of the molecule is CCNC(=O)COCCOCCNC(=O)COCCOCCI. The maximum Gasteiger partial charge on any atom is 0.246 e. The van der Waals surface area contributed by atoms with Crippen LogP contribution in [0.4, 0.5) is 0 Å². The minimum absolute atomic E-state index is 0.0171. The van der Waals surface area contributed by atoms with E-state index in [0.717, 1.165) is 4.43 Å². The first-order valence-corrected chi connectivity index (χ1v) is 9.13. The maximum absolute atomic E-state index is 11.4. The van der Waals surface area contributed by atoms with E-state index in [4.69, 9.17) is 18.9 Å². The Labute approximate surface area is 151 Å². The predicted molar refractivity (Wildman–Crippen MR) is 93.9 cm³/mol. The minimum atomic E-state index is -0.185. The molecule has 2 amide bonds. The molecule has 0 bridgehead atoms. The van der Waals surface area contributed by atoms with Gasteiger partial charge in [-0.15, -0.1) is 0 Å². The average molecular weight is 446 g/mol. The fourth-order valence-electron chi connectivity index (χ4n) is 1.39. The Bertz CT molecular complexity index is 307. The normalized spacial score (nSPS) is 10.5. The molecule has 0 aliphatic rings. The molecule has 0 aromatic rings. The summed E-state index contributed by atoms with van der Waals surface area (Å²) in [5.41, 5.74) is 0. The van der Waals surface area contributed by atoms with Gasteiger partial charge >= 0.3 is 0 Å². The fourth-order valence-corrected chi connectivity index (χ4v) is 1.70. The summed E-state index contributed by atoms with van der Waals surface area (Å²) in [5, 5.41) is 5.30. The first-order chi connectivity index (χ1) is 11.2. The van der Waals surface area contributed by atoms with Gasteiger partial charge in [-0.1, -0.05) is 22.6 Å². The molecule has 136 valence electrons. The number of carbonyl (C=O) groups excluding carboxylic acids is 2. The third kappa shape index (κ3) is 17.7. The van der Waals surface area contributed by atoms with E-state index in [1.807, 2.05) is 6.92 Å². The second-order valence-corrected chi connectivity index (χ2v) is 5.40. The topological polar surface area (TPSA) is 95.1 Å². The van der Waals surface area contributed by atoms with Crippen LogP contribution in [0.3, 0.4) is 0 Å². The lowest BCUT2D eigenvalue weighted by atomic mass is 10.5. The molecule has 0 rings (SSSR count). The zero-order chi connectivity index (χ0) is 17.2. The number of ether oxygens (including phenoxy) is 4. The van der Waals surface area contributed by atoms with Gasteiger partial charge in [-0.3, -0.25) is 9.59 Å². The number of likely N-dealkylation sites (N-methyl/N-ethyl adjacent to an activating group) is 1. The van der Waals surface area contributed by atoms with Gasteiger partial charge in [-0.25, -0.2) is 0 Å². The summed E-state index contributed by atoms with van der Waals surface area (Å²) in [6.07, 6.45) is 0. The first kappa shape index (κ1) is 22.5. The summed E-state index contributed by atoms with van der Waals surface area (Å²) < 4.78 is 21.7. The molecule has 0 unspecified atom stereocenters. The van der Waals surface area contributed by atoms with Gasteiger partial charge in [0, 0.05) is 17.5 Å². The average Bonchev–Trinajstić information content (AvgIpc) is 2.53. The van der Waals surface area contributed by atoms with Crippen LogP contribution < -0.4 is 10.6 Å². The van der Waals surface area contributed by atoms with Crippen molar-refractivity contribution < 1.29 is 28.5 Å². The molecule has 0 aliphatic carbocycles. The van der Waals surface area contributed by atoms with Crippen LogP contribution >= 0.6 is 22.6 Å². The number of amides is 2. The summed E-state index contributed by atoms with van der Waals surface area (Å²) in [4.78, 5) is 22.5. The van der Waals surface area contributed by atoms with Crippen LogP contribution in [0.1, 0.15) is 6.92 Å². The number of hydrogen-bond acceptors (Lipinski definition) is 6. The Kier molecular flexibility index (Phi) is 17.5. The highest BCUT2D eigenvalue weighted by Crippen LogP contribution is 1.84. The lowest BCUT2D eigenvalue weighted by molar-refractivity contribution is -0.127. The van der Waals surface area contributed by atoms with E-state index in [2.05, 4.69) is 33.2 Å². The van der Waals surface area contributed by atoms with Crippen LogP contribution in [0.5, 0.6) is 0 Å². The van der Waals surface area contributed by atoms with Crippen molar-refractivity contribution >= 4 is 34.4 Å². The van der Waals surface area contributed by atoms with Crippen LogP contribution in [0.2, 0.25) is 0 Å². The molecule has 0 aliphatic heterocycles. The highest BCUT2D eigenvalue weighted by molar-refractivity contribution is 14.1. The van der Waals surface area contributed by atoms with Crippen molar-refractivity contribution in [3.8, 4) is 0 Å². The monoisotopic (exact) mass is 446 g/mol. The second kappa shape index (κ2) is 17.9. The quantitative estimate of drug-likeness (QED) is 0.193. The van der Waals surface area contributed by atoms with Crippen molar-refractivity contribution in [2.45, 2.75) is 6.92 Å². The summed E-state index contributed by atoms with van der Waals surface area (Å²) >= 11 is 2.23. The van der Waals surface area contributed by atoms with Crippen LogP contribution in [-0.2, 0) is 28.5 Å². The van der Waals surface area contributed by atoms with Crippen LogP contribution in [0.25, 0.3) is 0 Å². The number of carbonyl (C=O) groups is 2. The van der Waals surface area contributed by atoms with Crippen molar-refractivity contribution in [3.05, 3.63) is 0 Å². The highest BCUT2D eigenvalue weighted by atomic mass is 127. The molecule has 23 heavy (non-hydrogen) atoms. The molecule has 0 radical (unpaired) electrons. The smallest absolute Gasteiger partial charge is 0.246 e. The zero-order valence-corrected chi connectivity index (χ0v) is 15.8. The molecule has 0 spiro atoms. The van der Waals surface area contributed by atoms with Gasteiger partial charge < -0.3 is 29.6 Å². The molecule has 2 N–H and O–H groups in total. The van der Waals surface area contributed by atoms with Crippen LogP contribution in [0, 0.1) is 0 Å². The number of nitrogens with one attached hydrogen (secondary N) is 2. The van der Waals surface area contributed by atoms with Crippen molar-refractivity contribution in [2.75, 3.05) is 70.4 Å². The summed E-state index contributed by atoms with van der Waals surface area (Å²) in [5.74, 6) is -0.325. The standard InChI is InChI=1S/C14H27IN2O6/c1-2-16-13(18)11-22-10-8-21-6-4-17-14(19)12-23-9-7-20-5-3-15/h2-12H2,1H3,(H,16,18)(H,17,19). The Morgan fingerprint density at radius 2 is 1.30 bits per heavy atom. The lowest BCUT2D eigenvalue weighted by Crippen LogP contribution is -2.31. The van der Waals surface area contributed by atoms with Gasteiger partial charge in [-0.05, 0) is 6.92 Å². The lowest BCUT2D eigenvalue weighted by Gasteiger charge is -2.08. The number of hydrogen-bond donors (Lipinski definition) is 2. The summed E-state index contributed by atoms with van der Waals surface area (Å²) in [6.45, 7) is 5.59. The van der Waals surface area contributed by atoms with Gasteiger partial charge in [0.15, 0.2) is 0 Å². The second-order valence-electron chi connectivity index (χ2n) is 4.32. The fraction of sp³-hybridized carbons (Fsp3) is 0.857. The van der Waals surface area contributed by atoms with Gasteiger partial charge in [-0.2, -0.15) is 0 Å². The molecule has 0 aromatic carbocycles. The van der Waals surface area contributed by atoms with E-state index in [1.165, 1.54) is 0 Å². The molecule has 9 heteroatoms. The molecule has 8 nitrogen and oxygen atoms in total. The van der Waals surface area contributed by atoms with Crippen LogP contribution in [-0.4, -0.2) is 82.2 Å². The van der Waals surface area contributed by atoms with Gasteiger partial charge in [0.05, 0.1) is 39.6 Å². The Morgan fingerprint density at radius 1 is 0.783 bits per heavy atom. The van der Waals surface area contributed by atoms with E-state index in [-0.39, 0.29) is 25.0 Å². The van der Waals surface area contributed by atoms with E-state index >= 15 is 0 Å². The Balaban J connectivity index is 3.22. The number of rotatable bonds is 16. The van der Waals surface area contributed by atoms with Crippen molar-refractivity contribution in [3.63, 3.8) is 0 Å². The van der Waals surface area contributed by atoms with Crippen LogP contribution in [0.15, 0.2) is 0 Å².